The number of rotatable bonds is 9. The Morgan fingerprint density at radius 3 is 2.69 bits per heavy atom. The largest absolute Gasteiger partial charge is 0.478 e. The van der Waals surface area contributed by atoms with Crippen LogP contribution in [-0.4, -0.2) is 31.7 Å². The Morgan fingerprint density at radius 2 is 2.03 bits per heavy atom. The number of thiophene rings is 1. The molecule has 0 saturated carbocycles. The average Bonchev–Trinajstić information content (AvgIpc) is 3.35. The summed E-state index contributed by atoms with van der Waals surface area (Å²) in [5.74, 6) is -1.22. The number of carbonyl (C=O) groups is 2. The Bertz CT molecular complexity index is 1040. The molecule has 150 valence electrons. The third-order valence-electron chi connectivity index (χ3n) is 4.51. The van der Waals surface area contributed by atoms with Crippen LogP contribution in [0.15, 0.2) is 53.5 Å². The van der Waals surface area contributed by atoms with Gasteiger partial charge in [-0.25, -0.2) is 14.6 Å². The van der Waals surface area contributed by atoms with Crippen LogP contribution in [0.2, 0.25) is 0 Å². The van der Waals surface area contributed by atoms with Crippen LogP contribution in [-0.2, 0) is 17.6 Å². The Labute approximate surface area is 172 Å². The van der Waals surface area contributed by atoms with E-state index >= 15 is 0 Å². The molecule has 0 amide bonds. The second-order valence-electron chi connectivity index (χ2n) is 6.62. The predicted molar refractivity (Wildman–Crippen MR) is 113 cm³/mol. The lowest BCUT2D eigenvalue weighted by atomic mass is 10.1. The second kappa shape index (κ2) is 9.34. The Balaban J connectivity index is 2.08. The van der Waals surface area contributed by atoms with Gasteiger partial charge in [-0.3, -0.25) is 4.57 Å². The lowest BCUT2D eigenvalue weighted by Crippen LogP contribution is -2.07. The summed E-state index contributed by atoms with van der Waals surface area (Å²) in [6, 6.07) is 10.4. The highest BCUT2D eigenvalue weighted by Crippen LogP contribution is 2.22. The van der Waals surface area contributed by atoms with Crippen LogP contribution in [0.3, 0.4) is 0 Å². The van der Waals surface area contributed by atoms with Crippen molar-refractivity contribution in [3.05, 3.63) is 75.5 Å². The topological polar surface area (TPSA) is 92.4 Å². The Morgan fingerprint density at radius 1 is 1.21 bits per heavy atom. The van der Waals surface area contributed by atoms with Crippen molar-refractivity contribution >= 4 is 29.4 Å². The number of aliphatic carboxylic acids is 1. The van der Waals surface area contributed by atoms with Crippen molar-refractivity contribution in [1.29, 1.82) is 0 Å². The summed E-state index contributed by atoms with van der Waals surface area (Å²) in [5, 5.41) is 20.9. The lowest BCUT2D eigenvalue weighted by molar-refractivity contribution is -0.132. The van der Waals surface area contributed by atoms with Gasteiger partial charge in [0.1, 0.15) is 5.82 Å². The van der Waals surface area contributed by atoms with Crippen molar-refractivity contribution in [3.63, 3.8) is 0 Å². The second-order valence-corrected chi connectivity index (χ2v) is 7.66. The van der Waals surface area contributed by atoms with Crippen molar-refractivity contribution in [2.75, 3.05) is 0 Å². The summed E-state index contributed by atoms with van der Waals surface area (Å²) in [6.07, 6.45) is 6.23. The molecule has 0 radical (unpaired) electrons. The summed E-state index contributed by atoms with van der Waals surface area (Å²) in [5.41, 5.74) is 1.70. The first kappa shape index (κ1) is 20.5. The van der Waals surface area contributed by atoms with E-state index in [1.165, 1.54) is 17.4 Å². The molecule has 0 saturated heterocycles. The van der Waals surface area contributed by atoms with Gasteiger partial charge in [0.2, 0.25) is 0 Å². The molecule has 2 heterocycles. The zero-order chi connectivity index (χ0) is 20.8. The first-order chi connectivity index (χ1) is 14.0. The number of nitrogens with zero attached hydrogens (tertiary/aromatic N) is 2. The number of hydrogen-bond acceptors (Lipinski definition) is 4. The van der Waals surface area contributed by atoms with Crippen LogP contribution in [0.25, 0.3) is 11.8 Å². The number of hydrogen-bond donors (Lipinski definition) is 2. The van der Waals surface area contributed by atoms with Crippen molar-refractivity contribution in [2.45, 2.75) is 32.6 Å². The van der Waals surface area contributed by atoms with Crippen LogP contribution >= 0.6 is 11.3 Å². The molecule has 0 unspecified atom stereocenters. The summed E-state index contributed by atoms with van der Waals surface area (Å²) in [6.45, 7) is 2.09. The van der Waals surface area contributed by atoms with Crippen LogP contribution in [0.4, 0.5) is 0 Å². The average molecular weight is 410 g/mol. The number of unbranched alkanes of at least 4 members (excludes halogenated alkanes) is 1. The lowest BCUT2D eigenvalue weighted by Gasteiger charge is -2.12. The molecular formula is C22H22N2O4S. The van der Waals surface area contributed by atoms with E-state index in [4.69, 9.17) is 0 Å². The molecule has 0 aliphatic carbocycles. The monoisotopic (exact) mass is 410 g/mol. The first-order valence-corrected chi connectivity index (χ1v) is 10.2. The summed E-state index contributed by atoms with van der Waals surface area (Å²) in [4.78, 5) is 28.7. The third-order valence-corrected chi connectivity index (χ3v) is 5.39. The number of aromatic carboxylic acids is 1. The molecule has 3 aromatic rings. The van der Waals surface area contributed by atoms with E-state index in [1.807, 2.05) is 22.1 Å². The fourth-order valence-corrected chi connectivity index (χ4v) is 3.79. The van der Waals surface area contributed by atoms with Gasteiger partial charge < -0.3 is 10.2 Å². The maximum atomic E-state index is 11.8. The zero-order valence-electron chi connectivity index (χ0n) is 16.0. The van der Waals surface area contributed by atoms with E-state index in [1.54, 1.807) is 30.5 Å². The SMILES string of the molecule is CCCCc1ncc(C=C(Cc2cccs2)C(=O)O)n1-c1cccc(C(=O)O)c1. The minimum atomic E-state index is -1.01. The molecule has 0 aliphatic heterocycles. The molecule has 7 heteroatoms. The molecule has 0 atom stereocenters. The minimum Gasteiger partial charge on any atom is -0.478 e. The smallest absolute Gasteiger partial charge is 0.335 e. The van der Waals surface area contributed by atoms with Crippen molar-refractivity contribution in [1.82, 2.24) is 9.55 Å². The molecule has 1 aromatic carbocycles. The fraction of sp³-hybridized carbons (Fsp3) is 0.227. The van der Waals surface area contributed by atoms with Gasteiger partial charge in [0.15, 0.2) is 0 Å². The van der Waals surface area contributed by atoms with Crippen LogP contribution in [0, 0.1) is 0 Å². The van der Waals surface area contributed by atoms with Crippen LogP contribution in [0.5, 0.6) is 0 Å². The Kier molecular flexibility index (Phi) is 6.61. The number of aromatic nitrogens is 2. The van der Waals surface area contributed by atoms with E-state index in [-0.39, 0.29) is 11.1 Å². The van der Waals surface area contributed by atoms with Crippen LogP contribution in [0.1, 0.15) is 46.5 Å². The van der Waals surface area contributed by atoms with E-state index in [0.717, 1.165) is 30.0 Å². The normalized spacial score (nSPS) is 11.6. The standard InChI is InChI=1S/C22H22N2O4S/c1-2-3-9-20-23-14-18(12-16(22(27)28)13-19-8-5-10-29-19)24(20)17-7-4-6-15(11-17)21(25)26/h4-8,10-12,14H,2-3,9,13H2,1H3,(H,25,26)(H,27,28). The molecule has 0 aliphatic rings. The maximum Gasteiger partial charge on any atom is 0.335 e. The predicted octanol–water partition coefficient (Wildman–Crippen LogP) is 4.69. The van der Waals surface area contributed by atoms with Gasteiger partial charge in [0, 0.05) is 29.0 Å². The quantitative estimate of drug-likeness (QED) is 0.500. The highest BCUT2D eigenvalue weighted by Gasteiger charge is 2.16. The number of carboxylic acid groups (broad SMARTS) is 2. The van der Waals surface area contributed by atoms with E-state index in [2.05, 4.69) is 11.9 Å². The van der Waals surface area contributed by atoms with Gasteiger partial charge in [-0.05, 0) is 42.1 Å². The minimum absolute atomic E-state index is 0.171. The van der Waals surface area contributed by atoms with Crippen molar-refractivity contribution in [3.8, 4) is 5.69 Å². The molecule has 3 rings (SSSR count). The summed E-state index contributed by atoms with van der Waals surface area (Å²) >= 11 is 1.51. The molecule has 0 spiro atoms. The highest BCUT2D eigenvalue weighted by molar-refractivity contribution is 7.09. The van der Waals surface area contributed by atoms with E-state index < -0.39 is 11.9 Å². The van der Waals surface area contributed by atoms with Crippen LogP contribution < -0.4 is 0 Å². The molecule has 2 N–H and O–H groups in total. The third kappa shape index (κ3) is 5.00. The van der Waals surface area contributed by atoms with Gasteiger partial charge in [-0.2, -0.15) is 0 Å². The van der Waals surface area contributed by atoms with Gasteiger partial charge in [0.05, 0.1) is 17.5 Å². The molecule has 2 aromatic heterocycles. The van der Waals surface area contributed by atoms with Gasteiger partial charge in [-0.15, -0.1) is 11.3 Å². The molecule has 29 heavy (non-hydrogen) atoms. The maximum absolute atomic E-state index is 11.8. The van der Waals surface area contributed by atoms with Crippen molar-refractivity contribution < 1.29 is 19.8 Å². The highest BCUT2D eigenvalue weighted by atomic mass is 32.1. The van der Waals surface area contributed by atoms with E-state index in [9.17, 15) is 19.8 Å². The van der Waals surface area contributed by atoms with E-state index in [0.29, 0.717) is 17.8 Å². The van der Waals surface area contributed by atoms with Gasteiger partial charge in [-0.1, -0.05) is 25.5 Å². The Hall–Kier alpha value is -3.19. The summed E-state index contributed by atoms with van der Waals surface area (Å²) < 4.78 is 1.85. The molecule has 0 bridgehead atoms. The zero-order valence-corrected chi connectivity index (χ0v) is 16.9. The van der Waals surface area contributed by atoms with Crippen molar-refractivity contribution in [2.24, 2.45) is 0 Å². The molecular weight excluding hydrogens is 388 g/mol. The number of imidazole rings is 1. The fourth-order valence-electron chi connectivity index (χ4n) is 3.06. The number of benzene rings is 1. The molecule has 6 nitrogen and oxygen atoms in total. The number of aryl methyl sites for hydroxylation is 1. The van der Waals surface area contributed by atoms with Gasteiger partial charge in [0.25, 0.3) is 0 Å². The summed E-state index contributed by atoms with van der Waals surface area (Å²) in [7, 11) is 0. The first-order valence-electron chi connectivity index (χ1n) is 9.36. The number of carboxylic acids is 2. The van der Waals surface area contributed by atoms with Gasteiger partial charge >= 0.3 is 11.9 Å². The molecule has 0 fully saturated rings.